The molecular formula is C18H25ClN2O2S2. The number of hydrogen-bond donors (Lipinski definition) is 0. The standard InChI is InChI=1S/C18H25ClN2O2S2/c1-12-15(10-19)20-7-6-17(12)25-9-3-8-24-11-16-13(2)21(14-4-5-14)18(22)23-16/h6-7,13-14,16H,3-5,8-11H2,1-2H3. The second kappa shape index (κ2) is 8.87. The number of thioether (sulfide) groups is 2. The van der Waals surface area contributed by atoms with Gasteiger partial charge in [-0.05, 0) is 56.2 Å². The van der Waals surface area contributed by atoms with E-state index in [9.17, 15) is 4.79 Å². The lowest BCUT2D eigenvalue weighted by molar-refractivity contribution is 0.138. The van der Waals surface area contributed by atoms with Crippen LogP contribution in [-0.4, -0.2) is 51.4 Å². The molecule has 2 aliphatic rings. The molecule has 1 saturated carbocycles. The Labute approximate surface area is 163 Å². The summed E-state index contributed by atoms with van der Waals surface area (Å²) < 4.78 is 5.55. The minimum absolute atomic E-state index is 0.0412. The van der Waals surface area contributed by atoms with Gasteiger partial charge in [0.1, 0.15) is 6.10 Å². The van der Waals surface area contributed by atoms with E-state index in [2.05, 4.69) is 24.9 Å². The highest BCUT2D eigenvalue weighted by Gasteiger charge is 2.45. The zero-order chi connectivity index (χ0) is 17.8. The Hall–Kier alpha value is -0.590. The Kier molecular flexibility index (Phi) is 6.80. The Morgan fingerprint density at radius 1 is 1.40 bits per heavy atom. The third kappa shape index (κ3) is 4.77. The molecule has 0 spiro atoms. The van der Waals surface area contributed by atoms with Crippen molar-refractivity contribution in [1.29, 1.82) is 0 Å². The summed E-state index contributed by atoms with van der Waals surface area (Å²) in [5, 5.41) is 0. The second-order valence-electron chi connectivity index (χ2n) is 6.59. The summed E-state index contributed by atoms with van der Waals surface area (Å²) in [6, 6.07) is 2.72. The number of alkyl halides is 1. The fourth-order valence-electron chi connectivity index (χ4n) is 3.03. The van der Waals surface area contributed by atoms with Crippen molar-refractivity contribution >= 4 is 41.2 Å². The van der Waals surface area contributed by atoms with Crippen molar-refractivity contribution in [3.63, 3.8) is 0 Å². The molecule has 2 atom stereocenters. The lowest BCUT2D eigenvalue weighted by Crippen LogP contribution is -2.36. The lowest BCUT2D eigenvalue weighted by Gasteiger charge is -2.19. The largest absolute Gasteiger partial charge is 0.443 e. The molecule has 1 saturated heterocycles. The summed E-state index contributed by atoms with van der Waals surface area (Å²) in [6.07, 6.45) is 5.17. The van der Waals surface area contributed by atoms with Crippen LogP contribution >= 0.6 is 35.1 Å². The number of amides is 1. The number of hydrogen-bond acceptors (Lipinski definition) is 5. The fraction of sp³-hybridized carbons (Fsp3) is 0.667. The van der Waals surface area contributed by atoms with E-state index in [0.717, 1.165) is 42.2 Å². The van der Waals surface area contributed by atoms with E-state index in [0.29, 0.717) is 11.9 Å². The van der Waals surface area contributed by atoms with Crippen LogP contribution in [0.25, 0.3) is 0 Å². The molecule has 0 bridgehead atoms. The maximum Gasteiger partial charge on any atom is 0.410 e. The highest BCUT2D eigenvalue weighted by atomic mass is 35.5. The van der Waals surface area contributed by atoms with E-state index in [1.54, 1.807) is 0 Å². The molecule has 1 aromatic rings. The van der Waals surface area contributed by atoms with E-state index >= 15 is 0 Å². The molecule has 2 heterocycles. The number of pyridine rings is 1. The molecule has 2 fully saturated rings. The van der Waals surface area contributed by atoms with Crippen molar-refractivity contribution in [1.82, 2.24) is 9.88 Å². The smallest absolute Gasteiger partial charge is 0.410 e. The van der Waals surface area contributed by atoms with Gasteiger partial charge in [-0.3, -0.25) is 9.88 Å². The zero-order valence-corrected chi connectivity index (χ0v) is 17.1. The van der Waals surface area contributed by atoms with Gasteiger partial charge in [0.05, 0.1) is 17.6 Å². The summed E-state index contributed by atoms with van der Waals surface area (Å²) in [7, 11) is 0. The maximum absolute atomic E-state index is 11.9. The Balaban J connectivity index is 1.34. The Bertz CT molecular complexity index is 613. The van der Waals surface area contributed by atoms with Crippen LogP contribution in [0.3, 0.4) is 0 Å². The van der Waals surface area contributed by atoms with Crippen molar-refractivity contribution in [2.24, 2.45) is 0 Å². The van der Waals surface area contributed by atoms with Crippen LogP contribution in [0.4, 0.5) is 4.79 Å². The topological polar surface area (TPSA) is 42.4 Å². The van der Waals surface area contributed by atoms with Crippen molar-refractivity contribution in [3.05, 3.63) is 23.5 Å². The van der Waals surface area contributed by atoms with Crippen LogP contribution in [0.1, 0.15) is 37.4 Å². The molecule has 0 N–H and O–H groups in total. The molecule has 138 valence electrons. The molecule has 7 heteroatoms. The van der Waals surface area contributed by atoms with Crippen molar-refractivity contribution in [2.75, 3.05) is 17.3 Å². The van der Waals surface area contributed by atoms with Crippen molar-refractivity contribution in [3.8, 4) is 0 Å². The summed E-state index contributed by atoms with van der Waals surface area (Å²) in [5.41, 5.74) is 2.17. The lowest BCUT2D eigenvalue weighted by atomic mass is 10.2. The number of rotatable bonds is 9. The first kappa shape index (κ1) is 19.2. The first-order valence-electron chi connectivity index (χ1n) is 8.81. The fourth-order valence-corrected chi connectivity index (χ4v) is 5.58. The highest BCUT2D eigenvalue weighted by molar-refractivity contribution is 8.00. The van der Waals surface area contributed by atoms with Gasteiger partial charge in [0, 0.05) is 22.9 Å². The average molecular weight is 401 g/mol. The number of cyclic esters (lactones) is 1. The van der Waals surface area contributed by atoms with Gasteiger partial charge in [-0.2, -0.15) is 11.8 Å². The molecule has 4 nitrogen and oxygen atoms in total. The molecule has 2 unspecified atom stereocenters. The monoisotopic (exact) mass is 400 g/mol. The molecule has 3 rings (SSSR count). The van der Waals surface area contributed by atoms with Crippen LogP contribution in [0.15, 0.2) is 17.2 Å². The summed E-state index contributed by atoms with van der Waals surface area (Å²) >= 11 is 9.66. The van der Waals surface area contributed by atoms with Crippen LogP contribution in [0, 0.1) is 6.92 Å². The third-order valence-corrected chi connectivity index (χ3v) is 7.38. The molecule has 0 aromatic carbocycles. The summed E-state index contributed by atoms with van der Waals surface area (Å²) in [6.45, 7) is 4.20. The molecule has 1 aliphatic heterocycles. The van der Waals surface area contributed by atoms with Crippen LogP contribution in [0.5, 0.6) is 0 Å². The van der Waals surface area contributed by atoms with Gasteiger partial charge in [0.15, 0.2) is 0 Å². The molecule has 25 heavy (non-hydrogen) atoms. The van der Waals surface area contributed by atoms with Gasteiger partial charge in [-0.25, -0.2) is 4.79 Å². The molecular weight excluding hydrogens is 376 g/mol. The number of halogens is 1. The number of aromatic nitrogens is 1. The van der Waals surface area contributed by atoms with Crippen LogP contribution in [0.2, 0.25) is 0 Å². The van der Waals surface area contributed by atoms with Gasteiger partial charge in [0.25, 0.3) is 0 Å². The average Bonchev–Trinajstić information content (AvgIpc) is 3.38. The number of nitrogens with zero attached hydrogens (tertiary/aromatic N) is 2. The number of carbonyl (C=O) groups is 1. The minimum atomic E-state index is -0.112. The summed E-state index contributed by atoms with van der Waals surface area (Å²) in [5.74, 6) is 3.52. The quantitative estimate of drug-likeness (QED) is 0.341. The maximum atomic E-state index is 11.9. The number of ether oxygens (including phenoxy) is 1. The Morgan fingerprint density at radius 3 is 2.92 bits per heavy atom. The third-order valence-electron chi connectivity index (χ3n) is 4.74. The molecule has 1 aliphatic carbocycles. The van der Waals surface area contributed by atoms with Crippen LogP contribution < -0.4 is 0 Å². The minimum Gasteiger partial charge on any atom is -0.443 e. The van der Waals surface area contributed by atoms with E-state index in [4.69, 9.17) is 16.3 Å². The Morgan fingerprint density at radius 2 is 2.20 bits per heavy atom. The second-order valence-corrected chi connectivity index (χ2v) is 9.15. The normalized spacial score (nSPS) is 23.2. The van der Waals surface area contributed by atoms with Gasteiger partial charge in [0.2, 0.25) is 0 Å². The van der Waals surface area contributed by atoms with Gasteiger partial charge in [-0.15, -0.1) is 23.4 Å². The highest BCUT2D eigenvalue weighted by Crippen LogP contribution is 2.35. The van der Waals surface area contributed by atoms with Gasteiger partial charge >= 0.3 is 6.09 Å². The first-order valence-corrected chi connectivity index (χ1v) is 11.5. The number of carbonyl (C=O) groups excluding carboxylic acids is 1. The molecule has 1 aromatic heterocycles. The summed E-state index contributed by atoms with van der Waals surface area (Å²) in [4.78, 5) is 19.4. The first-order chi connectivity index (χ1) is 12.1. The van der Waals surface area contributed by atoms with Crippen LogP contribution in [-0.2, 0) is 10.6 Å². The predicted octanol–water partition coefficient (Wildman–Crippen LogP) is 4.72. The molecule has 1 amide bonds. The molecule has 0 radical (unpaired) electrons. The van der Waals surface area contributed by atoms with Gasteiger partial charge in [-0.1, -0.05) is 0 Å². The SMILES string of the molecule is Cc1c(SCCCSCC2OC(=O)N(C3CC3)C2C)ccnc1CCl. The van der Waals surface area contributed by atoms with Gasteiger partial charge < -0.3 is 4.74 Å². The van der Waals surface area contributed by atoms with Crippen molar-refractivity contribution in [2.45, 2.75) is 62.1 Å². The zero-order valence-electron chi connectivity index (χ0n) is 14.7. The van der Waals surface area contributed by atoms with E-state index in [1.807, 2.05) is 34.6 Å². The predicted molar refractivity (Wildman–Crippen MR) is 106 cm³/mol. The van der Waals surface area contributed by atoms with Crippen molar-refractivity contribution < 1.29 is 9.53 Å². The van der Waals surface area contributed by atoms with E-state index in [-0.39, 0.29) is 18.2 Å². The van der Waals surface area contributed by atoms with E-state index in [1.165, 1.54) is 10.5 Å². The van der Waals surface area contributed by atoms with E-state index < -0.39 is 0 Å².